The third-order valence-corrected chi connectivity index (χ3v) is 3.28. The van der Waals surface area contributed by atoms with Crippen molar-refractivity contribution in [2.45, 2.75) is 26.5 Å². The molecule has 0 saturated heterocycles. The predicted molar refractivity (Wildman–Crippen MR) is 84.3 cm³/mol. The van der Waals surface area contributed by atoms with Gasteiger partial charge in [-0.25, -0.2) is 4.98 Å². The van der Waals surface area contributed by atoms with Crippen LogP contribution in [0.1, 0.15) is 19.4 Å². The molecule has 108 valence electrons. The van der Waals surface area contributed by atoms with Crippen molar-refractivity contribution in [2.75, 3.05) is 0 Å². The Bertz CT molecular complexity index is 744. The Hall–Kier alpha value is -2.33. The summed E-state index contributed by atoms with van der Waals surface area (Å²) in [6.45, 7) is 4.57. The van der Waals surface area contributed by atoms with Crippen LogP contribution < -0.4 is 10.5 Å². The minimum atomic E-state index is 0.181. The first-order valence-electron chi connectivity index (χ1n) is 7.10. The number of benzene rings is 1. The number of hydrogen-bond acceptors (Lipinski definition) is 3. The van der Waals surface area contributed by atoms with E-state index >= 15 is 0 Å². The van der Waals surface area contributed by atoms with Gasteiger partial charge < -0.3 is 14.9 Å². The van der Waals surface area contributed by atoms with Gasteiger partial charge >= 0.3 is 0 Å². The van der Waals surface area contributed by atoms with Gasteiger partial charge in [0.2, 0.25) is 0 Å². The SMILES string of the molecule is CC(C)Oc1ccc(-c2cn3ccc(CN)cc3n2)cc1. The van der Waals surface area contributed by atoms with Crippen LogP contribution in [0.25, 0.3) is 16.9 Å². The molecule has 0 fully saturated rings. The van der Waals surface area contributed by atoms with E-state index in [4.69, 9.17) is 10.5 Å². The second-order valence-electron chi connectivity index (χ2n) is 5.32. The molecule has 0 radical (unpaired) electrons. The molecule has 0 unspecified atom stereocenters. The molecule has 0 bridgehead atoms. The summed E-state index contributed by atoms with van der Waals surface area (Å²) in [4.78, 5) is 4.65. The normalized spacial score (nSPS) is 11.2. The van der Waals surface area contributed by atoms with Crippen molar-refractivity contribution in [1.29, 1.82) is 0 Å². The maximum atomic E-state index is 5.66. The van der Waals surface area contributed by atoms with Gasteiger partial charge in [0, 0.05) is 24.5 Å². The number of nitrogens with zero attached hydrogens (tertiary/aromatic N) is 2. The average molecular weight is 281 g/mol. The number of pyridine rings is 1. The molecule has 0 spiro atoms. The Balaban J connectivity index is 1.92. The van der Waals surface area contributed by atoms with Crippen molar-refractivity contribution in [3.8, 4) is 17.0 Å². The van der Waals surface area contributed by atoms with Crippen molar-refractivity contribution in [3.05, 3.63) is 54.4 Å². The third-order valence-electron chi connectivity index (χ3n) is 3.28. The molecular weight excluding hydrogens is 262 g/mol. The summed E-state index contributed by atoms with van der Waals surface area (Å²) in [7, 11) is 0. The van der Waals surface area contributed by atoms with Crippen LogP contribution in [-0.2, 0) is 6.54 Å². The second kappa shape index (κ2) is 5.58. The number of aromatic nitrogens is 2. The Morgan fingerprint density at radius 3 is 2.62 bits per heavy atom. The number of rotatable bonds is 4. The molecule has 0 aliphatic carbocycles. The molecule has 2 N–H and O–H groups in total. The Morgan fingerprint density at radius 1 is 1.19 bits per heavy atom. The van der Waals surface area contributed by atoms with Crippen LogP contribution in [0.3, 0.4) is 0 Å². The van der Waals surface area contributed by atoms with E-state index in [1.54, 1.807) is 0 Å². The summed E-state index contributed by atoms with van der Waals surface area (Å²) in [5.74, 6) is 0.878. The van der Waals surface area contributed by atoms with E-state index in [-0.39, 0.29) is 6.10 Å². The second-order valence-corrected chi connectivity index (χ2v) is 5.32. The van der Waals surface area contributed by atoms with E-state index in [2.05, 4.69) is 4.98 Å². The molecule has 0 atom stereocenters. The van der Waals surface area contributed by atoms with Crippen molar-refractivity contribution in [1.82, 2.24) is 9.38 Å². The van der Waals surface area contributed by atoms with E-state index in [9.17, 15) is 0 Å². The van der Waals surface area contributed by atoms with Gasteiger partial charge in [-0.15, -0.1) is 0 Å². The molecule has 3 aromatic rings. The van der Waals surface area contributed by atoms with Gasteiger partial charge in [-0.3, -0.25) is 0 Å². The highest BCUT2D eigenvalue weighted by Gasteiger charge is 2.06. The van der Waals surface area contributed by atoms with Crippen LogP contribution in [0.2, 0.25) is 0 Å². The topological polar surface area (TPSA) is 52.5 Å². The van der Waals surface area contributed by atoms with Gasteiger partial charge in [-0.2, -0.15) is 0 Å². The Labute approximate surface area is 124 Å². The zero-order valence-electron chi connectivity index (χ0n) is 12.3. The van der Waals surface area contributed by atoms with Crippen molar-refractivity contribution >= 4 is 5.65 Å². The molecule has 4 nitrogen and oxygen atoms in total. The van der Waals surface area contributed by atoms with Gasteiger partial charge in [0.05, 0.1) is 11.8 Å². The maximum Gasteiger partial charge on any atom is 0.137 e. The Kier molecular flexibility index (Phi) is 3.62. The molecule has 0 saturated carbocycles. The molecule has 2 aromatic heterocycles. The molecule has 1 aromatic carbocycles. The summed E-state index contributed by atoms with van der Waals surface area (Å²) in [5, 5.41) is 0. The van der Waals surface area contributed by atoms with Crippen molar-refractivity contribution < 1.29 is 4.74 Å². The number of imidazole rings is 1. The van der Waals surface area contributed by atoms with E-state index < -0.39 is 0 Å². The van der Waals surface area contributed by atoms with Gasteiger partial charge in [0.25, 0.3) is 0 Å². The minimum Gasteiger partial charge on any atom is -0.491 e. The molecular formula is C17H19N3O. The van der Waals surface area contributed by atoms with Gasteiger partial charge in [-0.05, 0) is 55.8 Å². The van der Waals surface area contributed by atoms with E-state index in [1.807, 2.05) is 67.0 Å². The molecule has 21 heavy (non-hydrogen) atoms. The first-order valence-corrected chi connectivity index (χ1v) is 7.10. The van der Waals surface area contributed by atoms with Crippen LogP contribution in [-0.4, -0.2) is 15.5 Å². The highest BCUT2D eigenvalue weighted by molar-refractivity contribution is 5.63. The fraction of sp³-hybridized carbons (Fsp3) is 0.235. The van der Waals surface area contributed by atoms with Gasteiger partial charge in [0.1, 0.15) is 11.4 Å². The van der Waals surface area contributed by atoms with Crippen molar-refractivity contribution in [3.63, 3.8) is 0 Å². The average Bonchev–Trinajstić information content (AvgIpc) is 2.90. The fourth-order valence-corrected chi connectivity index (χ4v) is 2.27. The summed E-state index contributed by atoms with van der Waals surface area (Å²) in [6, 6.07) is 12.0. The summed E-state index contributed by atoms with van der Waals surface area (Å²) >= 11 is 0. The summed E-state index contributed by atoms with van der Waals surface area (Å²) in [5.41, 5.74) is 9.68. The van der Waals surface area contributed by atoms with Crippen LogP contribution in [0, 0.1) is 0 Å². The quantitative estimate of drug-likeness (QED) is 0.798. The zero-order valence-corrected chi connectivity index (χ0v) is 12.3. The summed E-state index contributed by atoms with van der Waals surface area (Å²) < 4.78 is 7.66. The zero-order chi connectivity index (χ0) is 14.8. The van der Waals surface area contributed by atoms with Gasteiger partial charge in [-0.1, -0.05) is 0 Å². The molecule has 0 amide bonds. The molecule has 2 heterocycles. The third kappa shape index (κ3) is 2.90. The first-order chi connectivity index (χ1) is 10.2. The maximum absolute atomic E-state index is 5.66. The lowest BCUT2D eigenvalue weighted by Crippen LogP contribution is -2.05. The van der Waals surface area contributed by atoms with E-state index in [1.165, 1.54) is 0 Å². The fourth-order valence-electron chi connectivity index (χ4n) is 2.27. The molecule has 0 aliphatic heterocycles. The Morgan fingerprint density at radius 2 is 1.95 bits per heavy atom. The van der Waals surface area contributed by atoms with E-state index in [0.717, 1.165) is 28.2 Å². The van der Waals surface area contributed by atoms with Crippen LogP contribution in [0.15, 0.2) is 48.8 Å². The molecule has 4 heteroatoms. The van der Waals surface area contributed by atoms with Crippen LogP contribution in [0.5, 0.6) is 5.75 Å². The van der Waals surface area contributed by atoms with E-state index in [0.29, 0.717) is 6.54 Å². The minimum absolute atomic E-state index is 0.181. The largest absolute Gasteiger partial charge is 0.491 e. The lowest BCUT2D eigenvalue weighted by molar-refractivity contribution is 0.242. The number of nitrogens with two attached hydrogens (primary N) is 1. The highest BCUT2D eigenvalue weighted by atomic mass is 16.5. The summed E-state index contributed by atoms with van der Waals surface area (Å²) in [6.07, 6.45) is 4.19. The lowest BCUT2D eigenvalue weighted by Gasteiger charge is -2.09. The van der Waals surface area contributed by atoms with Gasteiger partial charge in [0.15, 0.2) is 0 Å². The smallest absolute Gasteiger partial charge is 0.137 e. The lowest BCUT2D eigenvalue weighted by atomic mass is 10.1. The van der Waals surface area contributed by atoms with Crippen LogP contribution >= 0.6 is 0 Å². The highest BCUT2D eigenvalue weighted by Crippen LogP contribution is 2.23. The predicted octanol–water partition coefficient (Wildman–Crippen LogP) is 3.25. The molecule has 0 aliphatic rings. The van der Waals surface area contributed by atoms with Crippen molar-refractivity contribution in [2.24, 2.45) is 5.73 Å². The number of hydrogen-bond donors (Lipinski definition) is 1. The monoisotopic (exact) mass is 281 g/mol. The standard InChI is InChI=1S/C17H19N3O/c1-12(2)21-15-5-3-14(4-6-15)16-11-20-8-7-13(10-18)9-17(20)19-16/h3-9,11-12H,10,18H2,1-2H3. The first kappa shape index (κ1) is 13.6. The number of ether oxygens (including phenoxy) is 1. The van der Waals surface area contributed by atoms with Crippen LogP contribution in [0.4, 0.5) is 0 Å². The number of fused-ring (bicyclic) bond motifs is 1. The molecule has 3 rings (SSSR count).